The lowest BCUT2D eigenvalue weighted by atomic mass is 9.83. The van der Waals surface area contributed by atoms with Crippen molar-refractivity contribution in [1.82, 2.24) is 10.6 Å². The molecule has 2 heterocycles. The number of carbonyl (C=O) groups is 1. The van der Waals surface area contributed by atoms with Crippen molar-refractivity contribution < 1.29 is 9.53 Å². The summed E-state index contributed by atoms with van der Waals surface area (Å²) in [5.41, 5.74) is -0.154. The van der Waals surface area contributed by atoms with Crippen LogP contribution in [0.1, 0.15) is 32.6 Å². The summed E-state index contributed by atoms with van der Waals surface area (Å²) >= 11 is 0. The van der Waals surface area contributed by atoms with E-state index in [1.54, 1.807) is 0 Å². The molecule has 0 spiro atoms. The Morgan fingerprint density at radius 3 is 2.81 bits per heavy atom. The largest absolute Gasteiger partial charge is 0.381 e. The van der Waals surface area contributed by atoms with Gasteiger partial charge < -0.3 is 15.4 Å². The van der Waals surface area contributed by atoms with Crippen molar-refractivity contribution in [2.24, 2.45) is 5.41 Å². The molecule has 2 rings (SSSR count). The highest BCUT2D eigenvalue weighted by Crippen LogP contribution is 2.29. The molecule has 0 bridgehead atoms. The normalized spacial score (nSPS) is 31.6. The molecule has 2 fully saturated rings. The maximum absolute atomic E-state index is 12.3. The van der Waals surface area contributed by atoms with Crippen LogP contribution in [0.15, 0.2) is 0 Å². The zero-order valence-electron chi connectivity index (χ0n) is 10.1. The molecule has 0 saturated carbocycles. The fraction of sp³-hybridized carbons (Fsp3) is 0.917. The van der Waals surface area contributed by atoms with Crippen molar-refractivity contribution in [2.45, 2.75) is 38.6 Å². The van der Waals surface area contributed by atoms with Crippen molar-refractivity contribution in [3.05, 3.63) is 0 Å². The Kier molecular flexibility index (Phi) is 3.82. The van der Waals surface area contributed by atoms with Gasteiger partial charge in [-0.3, -0.25) is 4.79 Å². The highest BCUT2D eigenvalue weighted by atomic mass is 16.5. The summed E-state index contributed by atoms with van der Waals surface area (Å²) in [4.78, 5) is 12.3. The third-order valence-corrected chi connectivity index (χ3v) is 3.96. The number of nitrogens with one attached hydrogen (secondary N) is 2. The number of hydrogen-bond donors (Lipinski definition) is 2. The quantitative estimate of drug-likeness (QED) is 0.743. The van der Waals surface area contributed by atoms with Gasteiger partial charge in [-0.1, -0.05) is 6.92 Å². The van der Waals surface area contributed by atoms with Crippen LogP contribution >= 0.6 is 0 Å². The fourth-order valence-corrected chi connectivity index (χ4v) is 2.58. The molecule has 4 nitrogen and oxygen atoms in total. The average molecular weight is 226 g/mol. The van der Waals surface area contributed by atoms with E-state index in [1.807, 2.05) is 0 Å². The van der Waals surface area contributed by atoms with E-state index < -0.39 is 0 Å². The molecule has 1 atom stereocenters. The average Bonchev–Trinajstić information content (AvgIpc) is 2.80. The van der Waals surface area contributed by atoms with E-state index in [-0.39, 0.29) is 11.3 Å². The summed E-state index contributed by atoms with van der Waals surface area (Å²) in [5, 5.41) is 6.49. The van der Waals surface area contributed by atoms with Crippen molar-refractivity contribution in [3.63, 3.8) is 0 Å². The Morgan fingerprint density at radius 2 is 2.25 bits per heavy atom. The van der Waals surface area contributed by atoms with Gasteiger partial charge in [-0.05, 0) is 32.2 Å². The maximum Gasteiger partial charge on any atom is 0.227 e. The van der Waals surface area contributed by atoms with Crippen LogP contribution in [0.2, 0.25) is 0 Å². The predicted octanol–water partition coefficient (Wildman–Crippen LogP) is 0.671. The Morgan fingerprint density at radius 1 is 1.50 bits per heavy atom. The van der Waals surface area contributed by atoms with Crippen LogP contribution in [-0.2, 0) is 9.53 Å². The smallest absolute Gasteiger partial charge is 0.227 e. The second-order valence-corrected chi connectivity index (χ2v) is 4.92. The van der Waals surface area contributed by atoms with Crippen molar-refractivity contribution in [3.8, 4) is 0 Å². The molecule has 2 saturated heterocycles. The third kappa shape index (κ3) is 2.38. The predicted molar refractivity (Wildman–Crippen MR) is 62.2 cm³/mol. The minimum Gasteiger partial charge on any atom is -0.381 e. The minimum atomic E-state index is -0.154. The van der Waals surface area contributed by atoms with E-state index >= 15 is 0 Å². The highest BCUT2D eigenvalue weighted by Gasteiger charge is 2.40. The lowest BCUT2D eigenvalue weighted by molar-refractivity contribution is -0.131. The summed E-state index contributed by atoms with van der Waals surface area (Å²) in [6, 6.07) is 0.324. The van der Waals surface area contributed by atoms with Crippen molar-refractivity contribution in [2.75, 3.05) is 26.3 Å². The van der Waals surface area contributed by atoms with Gasteiger partial charge in [0.1, 0.15) is 0 Å². The summed E-state index contributed by atoms with van der Waals surface area (Å²) in [6.45, 7) is 5.47. The molecule has 2 N–H and O–H groups in total. The van der Waals surface area contributed by atoms with Gasteiger partial charge in [0.05, 0.1) is 5.41 Å². The van der Waals surface area contributed by atoms with Crippen molar-refractivity contribution >= 4 is 5.91 Å². The first-order chi connectivity index (χ1) is 7.77. The summed E-state index contributed by atoms with van der Waals surface area (Å²) < 4.78 is 5.29. The first-order valence-corrected chi connectivity index (χ1v) is 6.36. The Bertz CT molecular complexity index is 243. The number of hydrogen-bond acceptors (Lipinski definition) is 3. The molecule has 1 unspecified atom stereocenters. The second-order valence-electron chi connectivity index (χ2n) is 4.92. The molecule has 2 aliphatic rings. The van der Waals surface area contributed by atoms with Gasteiger partial charge >= 0.3 is 0 Å². The van der Waals surface area contributed by atoms with Gasteiger partial charge in [-0.2, -0.15) is 0 Å². The van der Waals surface area contributed by atoms with Crippen LogP contribution in [0.4, 0.5) is 0 Å². The molecule has 0 aromatic heterocycles. The van der Waals surface area contributed by atoms with Gasteiger partial charge in [0.25, 0.3) is 0 Å². The highest BCUT2D eigenvalue weighted by molar-refractivity contribution is 5.83. The fourth-order valence-electron chi connectivity index (χ4n) is 2.58. The lowest BCUT2D eigenvalue weighted by Gasteiger charge is -2.30. The van der Waals surface area contributed by atoms with Gasteiger partial charge in [-0.25, -0.2) is 0 Å². The number of ether oxygens (including phenoxy) is 1. The molecule has 16 heavy (non-hydrogen) atoms. The summed E-state index contributed by atoms with van der Waals surface area (Å²) in [5.74, 6) is 0.243. The maximum atomic E-state index is 12.3. The Balaban J connectivity index is 1.90. The molecule has 2 aliphatic heterocycles. The first-order valence-electron chi connectivity index (χ1n) is 6.36. The molecule has 4 heteroatoms. The number of rotatable bonds is 3. The molecule has 0 aliphatic carbocycles. The molecule has 0 radical (unpaired) electrons. The van der Waals surface area contributed by atoms with Gasteiger partial charge in [0.2, 0.25) is 5.91 Å². The van der Waals surface area contributed by atoms with Crippen LogP contribution in [0.5, 0.6) is 0 Å². The van der Waals surface area contributed by atoms with Crippen LogP contribution in [0.3, 0.4) is 0 Å². The molecule has 0 aromatic rings. The second kappa shape index (κ2) is 5.15. The van der Waals surface area contributed by atoms with E-state index in [9.17, 15) is 4.79 Å². The molecular weight excluding hydrogens is 204 g/mol. The monoisotopic (exact) mass is 226 g/mol. The van der Waals surface area contributed by atoms with E-state index in [2.05, 4.69) is 17.6 Å². The van der Waals surface area contributed by atoms with Gasteiger partial charge in [0.15, 0.2) is 0 Å². The first kappa shape index (κ1) is 11.9. The Labute approximate surface area is 97.1 Å². The van der Waals surface area contributed by atoms with E-state index in [1.165, 1.54) is 0 Å². The lowest BCUT2D eigenvalue weighted by Crippen LogP contribution is -2.48. The number of amides is 1. The SMILES string of the molecule is CCC1(C(=O)NC2CCOCC2)CCNC1. The van der Waals surface area contributed by atoms with Crippen LogP contribution < -0.4 is 10.6 Å². The van der Waals surface area contributed by atoms with Crippen molar-refractivity contribution in [1.29, 1.82) is 0 Å². The summed E-state index contributed by atoms with van der Waals surface area (Å²) in [6.07, 6.45) is 3.81. The molecular formula is C12H22N2O2. The van der Waals surface area contributed by atoms with Crippen LogP contribution in [0, 0.1) is 5.41 Å². The Hall–Kier alpha value is -0.610. The minimum absolute atomic E-state index is 0.154. The van der Waals surface area contributed by atoms with E-state index in [4.69, 9.17) is 4.74 Å². The number of carbonyl (C=O) groups excluding carboxylic acids is 1. The summed E-state index contributed by atoms with van der Waals surface area (Å²) in [7, 11) is 0. The van der Waals surface area contributed by atoms with Gasteiger partial charge in [0, 0.05) is 25.8 Å². The standard InChI is InChI=1S/C12H22N2O2/c1-2-12(5-6-13-9-12)11(15)14-10-3-7-16-8-4-10/h10,13H,2-9H2,1H3,(H,14,15). The third-order valence-electron chi connectivity index (χ3n) is 3.96. The van der Waals surface area contributed by atoms with E-state index in [0.29, 0.717) is 6.04 Å². The topological polar surface area (TPSA) is 50.4 Å². The van der Waals surface area contributed by atoms with E-state index in [0.717, 1.165) is 52.0 Å². The zero-order chi connectivity index (χ0) is 11.4. The molecule has 0 aromatic carbocycles. The van der Waals surface area contributed by atoms with Gasteiger partial charge in [-0.15, -0.1) is 0 Å². The zero-order valence-corrected chi connectivity index (χ0v) is 10.1. The molecule has 92 valence electrons. The van der Waals surface area contributed by atoms with Crippen LogP contribution in [-0.4, -0.2) is 38.3 Å². The molecule has 1 amide bonds. The van der Waals surface area contributed by atoms with Crippen LogP contribution in [0.25, 0.3) is 0 Å².